The molecule has 0 aliphatic carbocycles. The predicted octanol–water partition coefficient (Wildman–Crippen LogP) is 1.72. The zero-order valence-corrected chi connectivity index (χ0v) is 16.4. The molecule has 0 saturated carbocycles. The molecular formula is C23H25N5O5. The van der Waals surface area contributed by atoms with Crippen LogP contribution in [-0.2, 0) is 4.79 Å². The van der Waals surface area contributed by atoms with E-state index in [0.717, 1.165) is 12.1 Å². The first-order chi connectivity index (χ1) is 22.6. The van der Waals surface area contributed by atoms with E-state index < -0.39 is 97.7 Å². The average molecular weight is 469 g/mol. The molecule has 1 aromatic heterocycles. The van der Waals surface area contributed by atoms with Crippen molar-refractivity contribution in [2.24, 2.45) is 0 Å². The van der Waals surface area contributed by atoms with Gasteiger partial charge in [0, 0.05) is 37.4 Å². The number of fused-ring (bicyclic) bond motifs is 2. The van der Waals surface area contributed by atoms with E-state index in [1.54, 1.807) is 6.07 Å². The molecular weight excluding hydrogens is 426 g/mol. The molecule has 1 saturated heterocycles. The average Bonchev–Trinajstić information content (AvgIpc) is 2.94. The molecule has 0 spiro atoms. The van der Waals surface area contributed by atoms with Crippen LogP contribution in [0.5, 0.6) is 23.0 Å². The summed E-state index contributed by atoms with van der Waals surface area (Å²) >= 11 is 0. The second-order valence-corrected chi connectivity index (χ2v) is 6.55. The number of ether oxygens (including phenoxy) is 4. The fourth-order valence-electron chi connectivity index (χ4n) is 3.01. The number of methoxy groups -OCH3 is 2. The maximum Gasteiger partial charge on any atom is 0.267 e. The van der Waals surface area contributed by atoms with Gasteiger partial charge in [0.15, 0.2) is 25.8 Å². The molecule has 10 heteroatoms. The molecule has 3 aromatic rings. The van der Waals surface area contributed by atoms with Crippen molar-refractivity contribution in [3.63, 3.8) is 0 Å². The van der Waals surface area contributed by atoms with Crippen LogP contribution in [0.15, 0.2) is 36.4 Å². The van der Waals surface area contributed by atoms with Crippen LogP contribution >= 0.6 is 0 Å². The molecule has 2 N–H and O–H groups in total. The van der Waals surface area contributed by atoms with Crippen molar-refractivity contribution in [2.45, 2.75) is 6.08 Å². The van der Waals surface area contributed by atoms with Crippen LogP contribution in [0.4, 0.5) is 11.8 Å². The number of anilines is 2. The van der Waals surface area contributed by atoms with Crippen LogP contribution in [0.2, 0.25) is 2.82 Å². The van der Waals surface area contributed by atoms with Gasteiger partial charge in [-0.3, -0.25) is 4.79 Å². The summed E-state index contributed by atoms with van der Waals surface area (Å²) in [5.74, 6) is -5.49. The zero-order chi connectivity index (χ0) is 37.6. The summed E-state index contributed by atoms with van der Waals surface area (Å²) in [5.41, 5.74) is -0.748. The number of nitrogens with zero attached hydrogens (tertiary/aromatic N) is 4. The Balaban J connectivity index is 1.68. The van der Waals surface area contributed by atoms with Gasteiger partial charge in [-0.2, -0.15) is 4.98 Å². The molecule has 10 nitrogen and oxygen atoms in total. The van der Waals surface area contributed by atoms with E-state index in [4.69, 9.17) is 42.3 Å². The first-order valence-corrected chi connectivity index (χ1v) is 9.22. The Morgan fingerprint density at radius 3 is 2.70 bits per heavy atom. The largest absolute Gasteiger partial charge is 0.493 e. The Kier molecular flexibility index (Phi) is 2.36. The number of carbonyl (C=O) groups excluding carboxylic acids is 1. The predicted molar refractivity (Wildman–Crippen MR) is 122 cm³/mol. The topological polar surface area (TPSA) is 112 Å². The van der Waals surface area contributed by atoms with Crippen LogP contribution < -0.4 is 29.6 Å². The first-order valence-electron chi connectivity index (χ1n) is 17.6. The molecule has 1 amide bonds. The number of aromatic nitrogens is 2. The van der Waals surface area contributed by atoms with Gasteiger partial charge in [-0.05, 0) is 18.2 Å². The second-order valence-electron chi connectivity index (χ2n) is 6.55. The number of hydrogen-bond acceptors (Lipinski definition) is 9. The number of hydrogen-bond donors (Lipinski definition) is 1. The van der Waals surface area contributed by atoms with Crippen molar-refractivity contribution < 1.29 is 47.1 Å². The molecule has 2 aliphatic rings. The Bertz CT molecular complexity index is 1810. The lowest BCUT2D eigenvalue weighted by Crippen LogP contribution is -2.54. The smallest absolute Gasteiger partial charge is 0.267 e. The second kappa shape index (κ2) is 8.53. The maximum absolute atomic E-state index is 13.8. The third-order valence-corrected chi connectivity index (χ3v) is 4.58. The molecule has 1 atom stereocenters. The minimum absolute atomic E-state index is 0.0938. The third kappa shape index (κ3) is 3.88. The van der Waals surface area contributed by atoms with Crippen molar-refractivity contribution in [3.8, 4) is 23.0 Å². The minimum Gasteiger partial charge on any atom is -0.493 e. The highest BCUT2D eigenvalue weighted by Crippen LogP contribution is 2.34. The number of para-hydroxylation sites is 2. The van der Waals surface area contributed by atoms with Gasteiger partial charge in [0.05, 0.1) is 40.2 Å². The monoisotopic (exact) mass is 468 g/mol. The summed E-state index contributed by atoms with van der Waals surface area (Å²) in [6.45, 7) is -16.3. The summed E-state index contributed by atoms with van der Waals surface area (Å²) in [6, 6.07) is 7.26. The molecule has 172 valence electrons. The molecule has 0 bridgehead atoms. The molecule has 1 fully saturated rings. The van der Waals surface area contributed by atoms with E-state index in [2.05, 4.69) is 9.97 Å². The van der Waals surface area contributed by atoms with Crippen LogP contribution in [0.3, 0.4) is 0 Å². The van der Waals surface area contributed by atoms with E-state index in [-0.39, 0.29) is 22.1 Å². The summed E-state index contributed by atoms with van der Waals surface area (Å²) < 4.78 is 159. The molecule has 5 rings (SSSR count). The van der Waals surface area contributed by atoms with Gasteiger partial charge >= 0.3 is 0 Å². The number of carbonyl (C=O) groups is 1. The van der Waals surface area contributed by atoms with Gasteiger partial charge in [0.2, 0.25) is 12.0 Å². The summed E-state index contributed by atoms with van der Waals surface area (Å²) in [7, 11) is -6.37. The normalized spacial score (nSPS) is 34.2. The Hall–Kier alpha value is -3.95. The quantitative estimate of drug-likeness (QED) is 0.598. The number of piperazine rings is 1. The highest BCUT2D eigenvalue weighted by atomic mass is 16.6. The van der Waals surface area contributed by atoms with E-state index in [1.807, 2.05) is 0 Å². The van der Waals surface area contributed by atoms with Crippen molar-refractivity contribution in [1.29, 1.82) is 0 Å². The van der Waals surface area contributed by atoms with E-state index >= 15 is 0 Å². The van der Waals surface area contributed by atoms with Gasteiger partial charge in [0.25, 0.3) is 5.91 Å². The lowest BCUT2D eigenvalue weighted by molar-refractivity contribution is -0.141. The summed E-state index contributed by atoms with van der Waals surface area (Å²) in [6.07, 6.45) is -2.93. The number of nitrogens with two attached hydrogens (primary N) is 1. The molecule has 33 heavy (non-hydrogen) atoms. The first kappa shape index (κ1) is 9.12. The van der Waals surface area contributed by atoms with Crippen LogP contribution in [-0.4, -0.2) is 73.5 Å². The standard InChI is InChI=1S/C23H25N5O5/c1-30-18-11-14-15(12-19(18)31-2)25-23(26-21(14)24)28-9-7-27(8-10-28)22(29)20-13-32-16-5-3-4-6-17(16)33-20/h3-6,11-12,20H,7-10,13H2,1-2H3,(H2,24,25,26)/i1D3,2D3,7D2,8D2,9D2,10D2,20D/hD2. The van der Waals surface area contributed by atoms with Gasteiger partial charge in [-0.25, -0.2) is 4.98 Å². The zero-order valence-electron chi connectivity index (χ0n) is 33.4. The van der Waals surface area contributed by atoms with Gasteiger partial charge in [-0.1, -0.05) is 12.1 Å². The highest BCUT2D eigenvalue weighted by molar-refractivity contribution is 5.91. The van der Waals surface area contributed by atoms with E-state index in [9.17, 15) is 4.79 Å². The van der Waals surface area contributed by atoms with Crippen molar-refractivity contribution >= 4 is 28.6 Å². The molecule has 2 aliphatic heterocycles. The summed E-state index contributed by atoms with van der Waals surface area (Å²) in [4.78, 5) is 20.9. The highest BCUT2D eigenvalue weighted by Gasteiger charge is 2.33. The van der Waals surface area contributed by atoms with Crippen LogP contribution in [0.1, 0.15) is 20.6 Å². The Morgan fingerprint density at radius 1 is 1.18 bits per heavy atom. The molecule has 3 heterocycles. The van der Waals surface area contributed by atoms with Crippen molar-refractivity contribution in [3.05, 3.63) is 36.4 Å². The van der Waals surface area contributed by atoms with Crippen LogP contribution in [0.25, 0.3) is 10.9 Å². The Morgan fingerprint density at radius 2 is 1.94 bits per heavy atom. The van der Waals surface area contributed by atoms with Crippen LogP contribution in [0, 0.1) is 0 Å². The van der Waals surface area contributed by atoms with E-state index in [0.29, 0.717) is 0 Å². The SMILES string of the molecule is [2H]N([2H])c1nc(N2C([2H])([2H])C([2H])([2H])N(C(=O)C3([2H])COc4ccccc4O3)C([2H])([2H])C2([2H])[2H])nc2cc(OC([2H])([2H])[2H])c(OC([2H])([2H])[2H])cc12. The third-order valence-electron chi connectivity index (χ3n) is 4.58. The fraction of sp³-hybridized carbons (Fsp3) is 0.348. The molecule has 2 aromatic carbocycles. The molecule has 0 radical (unpaired) electrons. The lowest BCUT2D eigenvalue weighted by atomic mass is 10.2. The maximum atomic E-state index is 13.8. The number of benzene rings is 2. The number of rotatable bonds is 5. The summed E-state index contributed by atoms with van der Waals surface area (Å²) in [5, 5.41) is -0.414. The minimum atomic E-state index is -3.87. The van der Waals surface area contributed by atoms with Crippen molar-refractivity contribution in [2.75, 3.05) is 57.3 Å². The number of amides is 1. The fourth-order valence-corrected chi connectivity index (χ4v) is 3.01. The van der Waals surface area contributed by atoms with E-state index in [1.165, 1.54) is 18.2 Å². The Labute approximate surface area is 214 Å². The molecule has 1 unspecified atom stereocenters. The van der Waals surface area contributed by atoms with Crippen molar-refractivity contribution in [1.82, 2.24) is 14.9 Å². The lowest BCUT2D eigenvalue weighted by Gasteiger charge is -2.37. The van der Waals surface area contributed by atoms with Gasteiger partial charge in [-0.15, -0.1) is 0 Å². The number of nitrogen functional groups attached to an aromatic ring is 1. The van der Waals surface area contributed by atoms with Gasteiger partial charge in [0.1, 0.15) is 12.4 Å². The van der Waals surface area contributed by atoms with Gasteiger partial charge < -0.3 is 34.5 Å².